The highest BCUT2D eigenvalue weighted by atomic mass is 16.6. The molecule has 0 bridgehead atoms. The molecule has 16 nitrogen and oxygen atoms in total. The van der Waals surface area contributed by atoms with E-state index >= 15 is 0 Å². The van der Waals surface area contributed by atoms with Crippen molar-refractivity contribution in [1.82, 2.24) is 0 Å². The van der Waals surface area contributed by atoms with Crippen molar-refractivity contribution in [2.75, 3.05) is 79.3 Å². The van der Waals surface area contributed by atoms with Gasteiger partial charge in [0, 0.05) is 23.0 Å². The third-order valence-electron chi connectivity index (χ3n) is 11.3. The van der Waals surface area contributed by atoms with Gasteiger partial charge in [0.15, 0.2) is 0 Å². The second-order valence-corrected chi connectivity index (χ2v) is 17.9. The SMILES string of the molecule is C=CC(=O)OCC(O)COCC(O)COc1ccc(C(C)(C)c2ccc(OCC(O)COC(=O)C=C)cc2)cc1.CC(C)(c1ccc(OCC(O)COCC2CO2)cc1)c1ccc(OCC2CO2)cc1. The molecule has 0 radical (unpaired) electrons. The van der Waals surface area contributed by atoms with E-state index in [4.69, 9.17) is 47.4 Å². The first kappa shape index (κ1) is 55.1. The van der Waals surface area contributed by atoms with Crippen LogP contribution in [0.5, 0.6) is 23.0 Å². The number of rotatable bonds is 30. The number of hydrogen-bond donors (Lipinski definition) is 4. The molecule has 6 atom stereocenters. The van der Waals surface area contributed by atoms with Gasteiger partial charge in [-0.2, -0.15) is 0 Å². The van der Waals surface area contributed by atoms with E-state index in [-0.39, 0.29) is 75.9 Å². The number of ether oxygens (including phenoxy) is 10. The summed E-state index contributed by atoms with van der Waals surface area (Å²) in [6.07, 6.45) is -1.05. The zero-order valence-corrected chi connectivity index (χ0v) is 40.4. The van der Waals surface area contributed by atoms with Crippen LogP contribution in [0, 0.1) is 0 Å². The Hall–Kier alpha value is -5.82. The molecule has 4 aromatic carbocycles. The van der Waals surface area contributed by atoms with Gasteiger partial charge in [0.2, 0.25) is 0 Å². The van der Waals surface area contributed by atoms with Gasteiger partial charge in [0.05, 0.1) is 39.6 Å². The van der Waals surface area contributed by atoms with Crippen molar-refractivity contribution in [3.63, 3.8) is 0 Å². The number of aliphatic hydroxyl groups is 4. The fourth-order valence-electron chi connectivity index (χ4n) is 6.64. The molecule has 380 valence electrons. The van der Waals surface area contributed by atoms with E-state index in [1.165, 1.54) is 11.1 Å². The molecule has 0 saturated carbocycles. The van der Waals surface area contributed by atoms with Gasteiger partial charge in [-0.25, -0.2) is 9.59 Å². The zero-order chi connectivity index (χ0) is 50.5. The minimum Gasteiger partial charge on any atom is -0.491 e. The third-order valence-corrected chi connectivity index (χ3v) is 11.3. The van der Waals surface area contributed by atoms with Gasteiger partial charge in [0.1, 0.15) is 99.3 Å². The van der Waals surface area contributed by atoms with E-state index in [0.717, 1.165) is 48.0 Å². The summed E-state index contributed by atoms with van der Waals surface area (Å²) in [6.45, 7) is 17.7. The largest absolute Gasteiger partial charge is 0.491 e. The van der Waals surface area contributed by atoms with Crippen molar-refractivity contribution in [3.8, 4) is 23.0 Å². The van der Waals surface area contributed by atoms with Gasteiger partial charge in [-0.05, 0) is 70.8 Å². The first-order valence-corrected chi connectivity index (χ1v) is 23.2. The highest BCUT2D eigenvalue weighted by Crippen LogP contribution is 2.35. The van der Waals surface area contributed by atoms with Crippen LogP contribution in [-0.4, -0.2) is 148 Å². The van der Waals surface area contributed by atoms with Crippen LogP contribution in [0.4, 0.5) is 0 Å². The van der Waals surface area contributed by atoms with Gasteiger partial charge in [-0.15, -0.1) is 0 Å². The summed E-state index contributed by atoms with van der Waals surface area (Å²) in [6, 6.07) is 31.3. The molecule has 16 heteroatoms. The molecule has 2 aliphatic heterocycles. The predicted molar refractivity (Wildman–Crippen MR) is 259 cm³/mol. The lowest BCUT2D eigenvalue weighted by Crippen LogP contribution is -2.28. The molecule has 0 aliphatic carbocycles. The van der Waals surface area contributed by atoms with Crippen molar-refractivity contribution in [2.45, 2.75) is 75.1 Å². The Labute approximate surface area is 410 Å². The minimum atomic E-state index is -1.01. The van der Waals surface area contributed by atoms with Gasteiger partial charge in [-0.3, -0.25) is 0 Å². The Balaban J connectivity index is 0.000000270. The van der Waals surface area contributed by atoms with Crippen molar-refractivity contribution in [1.29, 1.82) is 0 Å². The summed E-state index contributed by atoms with van der Waals surface area (Å²) < 4.78 is 53.0. The summed E-state index contributed by atoms with van der Waals surface area (Å²) in [4.78, 5) is 22.1. The predicted octanol–water partition coefficient (Wildman–Crippen LogP) is 5.27. The maximum absolute atomic E-state index is 11.1. The van der Waals surface area contributed by atoms with E-state index < -0.39 is 36.4 Å². The lowest BCUT2D eigenvalue weighted by molar-refractivity contribution is -0.142. The van der Waals surface area contributed by atoms with Crippen LogP contribution < -0.4 is 18.9 Å². The molecule has 2 heterocycles. The van der Waals surface area contributed by atoms with Gasteiger partial charge >= 0.3 is 11.9 Å². The lowest BCUT2D eigenvalue weighted by atomic mass is 9.78. The topological polar surface area (TPSA) is 214 Å². The van der Waals surface area contributed by atoms with Crippen molar-refractivity contribution in [2.24, 2.45) is 0 Å². The molecule has 6 rings (SSSR count). The molecule has 70 heavy (non-hydrogen) atoms. The minimum absolute atomic E-state index is 0.00284. The molecule has 2 saturated heterocycles. The Morgan fingerprint density at radius 3 is 1.10 bits per heavy atom. The van der Waals surface area contributed by atoms with Crippen LogP contribution in [0.3, 0.4) is 0 Å². The lowest BCUT2D eigenvalue weighted by Gasteiger charge is -2.26. The van der Waals surface area contributed by atoms with Crippen LogP contribution in [0.15, 0.2) is 122 Å². The third kappa shape index (κ3) is 19.2. The Morgan fingerprint density at radius 2 is 0.771 bits per heavy atom. The monoisotopic (exact) mass is 972 g/mol. The number of hydrogen-bond acceptors (Lipinski definition) is 16. The molecular weight excluding hydrogens is 905 g/mol. The summed E-state index contributed by atoms with van der Waals surface area (Å²) in [5.74, 6) is 1.51. The summed E-state index contributed by atoms with van der Waals surface area (Å²) >= 11 is 0. The molecule has 0 amide bonds. The fraction of sp³-hybridized carbons (Fsp3) is 0.444. The van der Waals surface area contributed by atoms with E-state index in [2.05, 4.69) is 65.1 Å². The second kappa shape index (κ2) is 27.5. The van der Waals surface area contributed by atoms with Crippen LogP contribution >= 0.6 is 0 Å². The molecule has 4 aromatic rings. The Kier molecular flexibility index (Phi) is 21.7. The number of benzene rings is 4. The summed E-state index contributed by atoms with van der Waals surface area (Å²) in [7, 11) is 0. The highest BCUT2D eigenvalue weighted by Gasteiger charge is 2.27. The number of epoxide rings is 2. The second-order valence-electron chi connectivity index (χ2n) is 17.9. The van der Waals surface area contributed by atoms with Crippen LogP contribution in [-0.2, 0) is 48.8 Å². The molecule has 2 aliphatic rings. The molecule has 0 aromatic heterocycles. The van der Waals surface area contributed by atoms with E-state index in [1.807, 2.05) is 72.8 Å². The number of carbonyl (C=O) groups is 2. The maximum Gasteiger partial charge on any atom is 0.330 e. The fourth-order valence-corrected chi connectivity index (χ4v) is 6.64. The first-order valence-electron chi connectivity index (χ1n) is 23.2. The van der Waals surface area contributed by atoms with Gasteiger partial charge in [0.25, 0.3) is 0 Å². The maximum atomic E-state index is 11.1. The average Bonchev–Trinajstić information content (AvgIpc) is 4.33. The number of esters is 2. The standard InChI is InChI=1S/C30H38O10.C24H30O6/c1-5-28(34)39-19-24(32)16-36-15-23(31)17-37-26-11-7-21(8-12-26)30(3,4)22-9-13-27(14-10-22)38-18-25(33)20-40-29(35)6-2;1-24(2,18-5-9-21(10-6-18)28-15-23-16-30-23)17-3-7-20(8-4-17)27-12-19(25)11-26-13-22-14-29-22/h5-14,23-25,31-33H,1-2,15-20H2,3-4H3;3-10,19,22-23,25H,11-16H2,1-2H3. The van der Waals surface area contributed by atoms with Crippen LogP contribution in [0.1, 0.15) is 49.9 Å². The zero-order valence-electron chi connectivity index (χ0n) is 40.4. The number of aliphatic hydroxyl groups excluding tert-OH is 4. The van der Waals surface area contributed by atoms with E-state index in [1.54, 1.807) is 0 Å². The van der Waals surface area contributed by atoms with Crippen molar-refractivity contribution >= 4 is 11.9 Å². The normalized spacial score (nSPS) is 16.7. The summed E-state index contributed by atoms with van der Waals surface area (Å²) in [5.41, 5.74) is 3.99. The smallest absolute Gasteiger partial charge is 0.330 e. The van der Waals surface area contributed by atoms with Gasteiger partial charge in [-0.1, -0.05) is 89.4 Å². The molecule has 2 fully saturated rings. The first-order chi connectivity index (χ1) is 33.5. The molecular formula is C54H68O16. The van der Waals surface area contributed by atoms with Crippen LogP contribution in [0.2, 0.25) is 0 Å². The van der Waals surface area contributed by atoms with Crippen LogP contribution in [0.25, 0.3) is 0 Å². The van der Waals surface area contributed by atoms with E-state index in [9.17, 15) is 30.0 Å². The van der Waals surface area contributed by atoms with Gasteiger partial charge < -0.3 is 67.8 Å². The van der Waals surface area contributed by atoms with E-state index in [0.29, 0.717) is 24.7 Å². The number of carbonyl (C=O) groups excluding carboxylic acids is 2. The Morgan fingerprint density at radius 1 is 0.486 bits per heavy atom. The molecule has 0 spiro atoms. The molecule has 6 unspecified atom stereocenters. The highest BCUT2D eigenvalue weighted by molar-refractivity contribution is 5.81. The van der Waals surface area contributed by atoms with Crippen molar-refractivity contribution < 1.29 is 77.4 Å². The quantitative estimate of drug-likeness (QED) is 0.0298. The average molecular weight is 973 g/mol. The molecule has 4 N–H and O–H groups in total. The van der Waals surface area contributed by atoms with Crippen molar-refractivity contribution in [3.05, 3.63) is 145 Å². The summed E-state index contributed by atoms with van der Waals surface area (Å²) in [5, 5.41) is 39.6. The Bertz CT molecular complexity index is 2180.